The molecule has 156 valence electrons. The molecule has 2 aromatic carbocycles. The SMILES string of the molecule is Cc1cc(C)cc(C(=O)N(CCCn2ccnc2)c2nc3c(Cl)cccc3s2)c1.Cl. The predicted molar refractivity (Wildman–Crippen MR) is 126 cm³/mol. The van der Waals surface area contributed by atoms with Gasteiger partial charge in [-0.25, -0.2) is 9.97 Å². The zero-order chi connectivity index (χ0) is 20.4. The van der Waals surface area contributed by atoms with Gasteiger partial charge in [-0.15, -0.1) is 12.4 Å². The van der Waals surface area contributed by atoms with E-state index < -0.39 is 0 Å². The van der Waals surface area contributed by atoms with Crippen molar-refractivity contribution >= 4 is 56.6 Å². The van der Waals surface area contributed by atoms with E-state index in [1.54, 1.807) is 17.4 Å². The average molecular weight is 461 g/mol. The molecule has 1 amide bonds. The van der Waals surface area contributed by atoms with E-state index >= 15 is 0 Å². The molecule has 0 atom stereocenters. The first-order chi connectivity index (χ1) is 14.0. The fourth-order valence-corrected chi connectivity index (χ4v) is 4.68. The Balaban J connectivity index is 0.00000256. The van der Waals surface area contributed by atoms with Gasteiger partial charge >= 0.3 is 0 Å². The summed E-state index contributed by atoms with van der Waals surface area (Å²) in [5, 5.41) is 1.27. The number of anilines is 1. The van der Waals surface area contributed by atoms with Gasteiger partial charge < -0.3 is 4.57 Å². The zero-order valence-corrected chi connectivity index (χ0v) is 19.1. The Morgan fingerprint density at radius 2 is 1.97 bits per heavy atom. The van der Waals surface area contributed by atoms with E-state index in [4.69, 9.17) is 16.6 Å². The molecule has 0 unspecified atom stereocenters. The fraction of sp³-hybridized carbons (Fsp3) is 0.227. The summed E-state index contributed by atoms with van der Waals surface area (Å²) >= 11 is 7.80. The number of amides is 1. The standard InChI is InChI=1S/C22H21ClN4OS.ClH/c1-15-11-16(2)13-17(12-15)21(28)27(9-4-8-26-10-7-24-14-26)22-25-20-18(23)5-3-6-19(20)29-22;/h3,5-7,10-14H,4,8-9H2,1-2H3;1H. The summed E-state index contributed by atoms with van der Waals surface area (Å²) in [6, 6.07) is 11.6. The highest BCUT2D eigenvalue weighted by atomic mass is 35.5. The van der Waals surface area contributed by atoms with Crippen LogP contribution in [0, 0.1) is 13.8 Å². The van der Waals surface area contributed by atoms with Crippen LogP contribution in [0.5, 0.6) is 0 Å². The Bertz CT molecular complexity index is 1140. The summed E-state index contributed by atoms with van der Waals surface area (Å²) < 4.78 is 2.98. The number of aromatic nitrogens is 3. The van der Waals surface area contributed by atoms with Gasteiger partial charge in [0.15, 0.2) is 5.13 Å². The smallest absolute Gasteiger partial charge is 0.260 e. The molecule has 0 bridgehead atoms. The van der Waals surface area contributed by atoms with Crippen LogP contribution in [0.2, 0.25) is 5.02 Å². The second kappa shape index (κ2) is 9.60. The van der Waals surface area contributed by atoms with Crippen LogP contribution in [0.25, 0.3) is 10.2 Å². The Morgan fingerprint density at radius 1 is 1.20 bits per heavy atom. The minimum atomic E-state index is -0.0439. The molecule has 0 aliphatic rings. The fourth-order valence-electron chi connectivity index (χ4n) is 3.39. The van der Waals surface area contributed by atoms with E-state index in [1.807, 2.05) is 54.9 Å². The maximum absolute atomic E-state index is 13.4. The number of rotatable bonds is 6. The Hall–Kier alpha value is -2.41. The summed E-state index contributed by atoms with van der Waals surface area (Å²) in [7, 11) is 0. The van der Waals surface area contributed by atoms with Gasteiger partial charge in [-0.2, -0.15) is 0 Å². The van der Waals surface area contributed by atoms with Crippen LogP contribution in [0.1, 0.15) is 27.9 Å². The molecule has 4 aromatic rings. The van der Waals surface area contributed by atoms with Crippen LogP contribution >= 0.6 is 35.3 Å². The summed E-state index contributed by atoms with van der Waals surface area (Å²) in [6.07, 6.45) is 6.26. The van der Waals surface area contributed by atoms with E-state index in [9.17, 15) is 4.79 Å². The van der Waals surface area contributed by atoms with Crippen LogP contribution in [0.3, 0.4) is 0 Å². The number of thiazole rings is 1. The highest BCUT2D eigenvalue weighted by molar-refractivity contribution is 7.22. The highest BCUT2D eigenvalue weighted by Gasteiger charge is 2.22. The Morgan fingerprint density at radius 3 is 2.63 bits per heavy atom. The number of imidazole rings is 1. The van der Waals surface area contributed by atoms with Gasteiger partial charge in [0.25, 0.3) is 5.91 Å². The first kappa shape index (κ1) is 22.3. The van der Waals surface area contributed by atoms with Crippen molar-refractivity contribution in [2.75, 3.05) is 11.4 Å². The lowest BCUT2D eigenvalue weighted by Crippen LogP contribution is -2.32. The molecule has 0 spiro atoms. The second-order valence-corrected chi connectivity index (χ2v) is 8.49. The van der Waals surface area contributed by atoms with Crippen LogP contribution < -0.4 is 4.90 Å². The van der Waals surface area contributed by atoms with Crippen molar-refractivity contribution in [3.05, 3.63) is 76.8 Å². The highest BCUT2D eigenvalue weighted by Crippen LogP contribution is 2.33. The van der Waals surface area contributed by atoms with Crippen LogP contribution in [0.15, 0.2) is 55.1 Å². The lowest BCUT2D eigenvalue weighted by molar-refractivity contribution is 0.0986. The van der Waals surface area contributed by atoms with Gasteiger partial charge in [-0.05, 0) is 44.5 Å². The molecule has 0 radical (unpaired) electrons. The van der Waals surface area contributed by atoms with Crippen molar-refractivity contribution in [3.63, 3.8) is 0 Å². The lowest BCUT2D eigenvalue weighted by Gasteiger charge is -2.20. The number of carbonyl (C=O) groups excluding carboxylic acids is 1. The number of para-hydroxylation sites is 1. The van der Waals surface area contributed by atoms with Crippen LogP contribution in [0.4, 0.5) is 5.13 Å². The van der Waals surface area contributed by atoms with E-state index in [-0.39, 0.29) is 18.3 Å². The van der Waals surface area contributed by atoms with Gasteiger partial charge in [-0.1, -0.05) is 46.2 Å². The normalized spacial score (nSPS) is 10.8. The third-order valence-corrected chi connectivity index (χ3v) is 6.01. The summed E-state index contributed by atoms with van der Waals surface area (Å²) in [6.45, 7) is 5.35. The monoisotopic (exact) mass is 460 g/mol. The van der Waals surface area contributed by atoms with E-state index in [1.165, 1.54) is 11.3 Å². The molecule has 2 heterocycles. The van der Waals surface area contributed by atoms with Gasteiger partial charge in [-0.3, -0.25) is 9.69 Å². The number of fused-ring (bicyclic) bond motifs is 1. The number of hydrogen-bond donors (Lipinski definition) is 0. The molecular weight excluding hydrogens is 439 g/mol. The average Bonchev–Trinajstić information content (AvgIpc) is 3.34. The first-order valence-corrected chi connectivity index (χ1v) is 10.6. The first-order valence-electron chi connectivity index (χ1n) is 9.42. The van der Waals surface area contributed by atoms with Crippen molar-refractivity contribution in [3.8, 4) is 0 Å². The minimum Gasteiger partial charge on any atom is -0.337 e. The Labute approximate surface area is 190 Å². The molecule has 5 nitrogen and oxygen atoms in total. The zero-order valence-electron chi connectivity index (χ0n) is 16.7. The van der Waals surface area contributed by atoms with Gasteiger partial charge in [0, 0.05) is 31.0 Å². The van der Waals surface area contributed by atoms with Gasteiger partial charge in [0.05, 0.1) is 16.0 Å². The third kappa shape index (κ3) is 4.83. The van der Waals surface area contributed by atoms with Crippen LogP contribution in [-0.2, 0) is 6.54 Å². The molecule has 0 aliphatic carbocycles. The molecule has 4 rings (SSSR count). The number of aryl methyl sites for hydroxylation is 3. The van der Waals surface area contributed by atoms with E-state index in [0.29, 0.717) is 22.3 Å². The van der Waals surface area contributed by atoms with E-state index in [2.05, 4.69) is 11.1 Å². The van der Waals surface area contributed by atoms with Gasteiger partial charge in [0.2, 0.25) is 0 Å². The molecule has 0 saturated heterocycles. The van der Waals surface area contributed by atoms with Crippen molar-refractivity contribution in [1.82, 2.24) is 14.5 Å². The van der Waals surface area contributed by atoms with Crippen molar-refractivity contribution < 1.29 is 4.79 Å². The van der Waals surface area contributed by atoms with Crippen molar-refractivity contribution in [2.45, 2.75) is 26.8 Å². The maximum atomic E-state index is 13.4. The summed E-state index contributed by atoms with van der Waals surface area (Å²) in [4.78, 5) is 24.0. The number of halogens is 2. The van der Waals surface area contributed by atoms with E-state index in [0.717, 1.165) is 34.3 Å². The molecule has 8 heteroatoms. The largest absolute Gasteiger partial charge is 0.337 e. The lowest BCUT2D eigenvalue weighted by atomic mass is 10.1. The minimum absolute atomic E-state index is 0. The molecule has 2 aromatic heterocycles. The predicted octanol–water partition coefficient (Wildman–Crippen LogP) is 5.92. The summed E-state index contributed by atoms with van der Waals surface area (Å²) in [5.74, 6) is -0.0439. The second-order valence-electron chi connectivity index (χ2n) is 7.07. The van der Waals surface area contributed by atoms with Crippen molar-refractivity contribution in [2.24, 2.45) is 0 Å². The Kier molecular flexibility index (Phi) is 7.13. The molecule has 30 heavy (non-hydrogen) atoms. The number of carbonyl (C=O) groups is 1. The maximum Gasteiger partial charge on any atom is 0.260 e. The topological polar surface area (TPSA) is 51.0 Å². The molecule has 0 fully saturated rings. The van der Waals surface area contributed by atoms with Crippen molar-refractivity contribution in [1.29, 1.82) is 0 Å². The number of benzene rings is 2. The number of nitrogens with zero attached hydrogens (tertiary/aromatic N) is 4. The third-order valence-electron chi connectivity index (χ3n) is 4.66. The molecule has 0 saturated carbocycles. The molecular formula is C22H22Cl2N4OS. The number of hydrogen-bond acceptors (Lipinski definition) is 4. The van der Waals surface area contributed by atoms with Crippen LogP contribution in [-0.4, -0.2) is 27.0 Å². The quantitative estimate of drug-likeness (QED) is 0.358. The molecule has 0 aliphatic heterocycles. The summed E-state index contributed by atoms with van der Waals surface area (Å²) in [5.41, 5.74) is 3.55. The molecule has 0 N–H and O–H groups in total. The van der Waals surface area contributed by atoms with Gasteiger partial charge in [0.1, 0.15) is 5.52 Å².